The third kappa shape index (κ3) is 3.25. The van der Waals surface area contributed by atoms with Crippen LogP contribution in [0, 0.1) is 0 Å². The number of benzene rings is 2. The molecule has 1 amide bonds. The number of para-hydroxylation sites is 2. The van der Waals surface area contributed by atoms with Crippen molar-refractivity contribution in [2.75, 3.05) is 11.4 Å². The van der Waals surface area contributed by atoms with Crippen LogP contribution in [0.5, 0.6) is 11.5 Å². The van der Waals surface area contributed by atoms with Crippen molar-refractivity contribution < 1.29 is 19.1 Å². The Balaban J connectivity index is 1.74. The molecule has 124 valence electrons. The summed E-state index contributed by atoms with van der Waals surface area (Å²) in [6.07, 6.45) is 0.294. The molecule has 0 fully saturated rings. The first-order valence-corrected chi connectivity index (χ1v) is 7.95. The first-order valence-electron chi connectivity index (χ1n) is 7.95. The number of hydrogen-bond donors (Lipinski definition) is 0. The van der Waals surface area contributed by atoms with Crippen molar-refractivity contribution in [2.45, 2.75) is 26.4 Å². The molecule has 0 spiro atoms. The molecule has 5 heteroatoms. The van der Waals surface area contributed by atoms with Crippen molar-refractivity contribution in [3.05, 3.63) is 54.1 Å². The van der Waals surface area contributed by atoms with Crippen LogP contribution >= 0.6 is 0 Å². The van der Waals surface area contributed by atoms with Gasteiger partial charge in [-0.25, -0.2) is 4.79 Å². The molecule has 5 nitrogen and oxygen atoms in total. The first kappa shape index (κ1) is 16.1. The number of ether oxygens (including phenoxy) is 2. The zero-order chi connectivity index (χ0) is 17.1. The summed E-state index contributed by atoms with van der Waals surface area (Å²) in [5.41, 5.74) is 1.75. The molecule has 0 saturated heterocycles. The molecule has 2 aromatic carbocycles. The molecule has 24 heavy (non-hydrogen) atoms. The van der Waals surface area contributed by atoms with Crippen LogP contribution < -0.4 is 14.4 Å². The van der Waals surface area contributed by atoms with Gasteiger partial charge >= 0.3 is 5.97 Å². The Morgan fingerprint density at radius 3 is 2.58 bits per heavy atom. The Bertz CT molecular complexity index is 754. The third-order valence-corrected chi connectivity index (χ3v) is 3.92. The molecule has 1 unspecified atom stereocenters. The number of hydrogen-bond acceptors (Lipinski definition) is 4. The second kappa shape index (κ2) is 6.74. The highest BCUT2D eigenvalue weighted by Crippen LogP contribution is 2.33. The van der Waals surface area contributed by atoms with E-state index in [9.17, 15) is 9.59 Å². The Morgan fingerprint density at radius 1 is 1.17 bits per heavy atom. The van der Waals surface area contributed by atoms with E-state index in [4.69, 9.17) is 9.47 Å². The number of amides is 1. The number of rotatable bonds is 4. The van der Waals surface area contributed by atoms with Gasteiger partial charge < -0.3 is 9.47 Å². The van der Waals surface area contributed by atoms with Crippen LogP contribution in [-0.4, -0.2) is 24.5 Å². The summed E-state index contributed by atoms with van der Waals surface area (Å²) in [4.78, 5) is 26.0. The molecule has 1 aliphatic rings. The van der Waals surface area contributed by atoms with Crippen molar-refractivity contribution >= 4 is 17.6 Å². The van der Waals surface area contributed by atoms with Crippen LogP contribution in [0.2, 0.25) is 0 Å². The fraction of sp³-hybridized carbons (Fsp3) is 0.263. The first-order chi connectivity index (χ1) is 11.6. The van der Waals surface area contributed by atoms with E-state index in [2.05, 4.69) is 6.92 Å². The maximum Gasteiger partial charge on any atom is 0.331 e. The lowest BCUT2D eigenvalue weighted by molar-refractivity contribution is -0.135. The average Bonchev–Trinajstić information content (AvgIpc) is 2.59. The molecular formula is C19H19NO4. The van der Waals surface area contributed by atoms with Crippen molar-refractivity contribution in [3.63, 3.8) is 0 Å². The van der Waals surface area contributed by atoms with Gasteiger partial charge in [0, 0.05) is 0 Å². The molecule has 1 atom stereocenters. The molecular weight excluding hydrogens is 306 g/mol. The fourth-order valence-corrected chi connectivity index (χ4v) is 2.61. The van der Waals surface area contributed by atoms with Crippen LogP contribution in [0.4, 0.5) is 5.69 Å². The molecule has 0 bridgehead atoms. The molecule has 0 radical (unpaired) electrons. The summed E-state index contributed by atoms with van der Waals surface area (Å²) in [5, 5.41) is 0. The second-order valence-corrected chi connectivity index (χ2v) is 5.62. The standard InChI is InChI=1S/C19H19NO4/c1-3-14-8-10-15(11-9-14)24-18(21)12-20-16-6-4-5-7-17(16)23-13(2)19(20)22/h4-11,13H,3,12H2,1-2H3. The van der Waals surface area contributed by atoms with E-state index >= 15 is 0 Å². The summed E-state index contributed by atoms with van der Waals surface area (Å²) >= 11 is 0. The van der Waals surface area contributed by atoms with Crippen LogP contribution in [-0.2, 0) is 16.0 Å². The summed E-state index contributed by atoms with van der Waals surface area (Å²) in [6, 6.07) is 14.5. The highest BCUT2D eigenvalue weighted by atomic mass is 16.5. The van der Waals surface area contributed by atoms with E-state index in [0.29, 0.717) is 17.2 Å². The number of carbonyl (C=O) groups excluding carboxylic acids is 2. The Hall–Kier alpha value is -2.82. The molecule has 1 aliphatic heterocycles. The van der Waals surface area contributed by atoms with Crippen molar-refractivity contribution in [2.24, 2.45) is 0 Å². The predicted molar refractivity (Wildman–Crippen MR) is 90.3 cm³/mol. The zero-order valence-electron chi connectivity index (χ0n) is 13.7. The third-order valence-electron chi connectivity index (χ3n) is 3.92. The van der Waals surface area contributed by atoms with E-state index < -0.39 is 12.1 Å². The Kier molecular flexibility index (Phi) is 4.51. The monoisotopic (exact) mass is 325 g/mol. The van der Waals surface area contributed by atoms with E-state index in [0.717, 1.165) is 6.42 Å². The Morgan fingerprint density at radius 2 is 1.88 bits per heavy atom. The predicted octanol–water partition coefficient (Wildman–Crippen LogP) is 2.97. The van der Waals surface area contributed by atoms with Gasteiger partial charge in [-0.2, -0.15) is 0 Å². The lowest BCUT2D eigenvalue weighted by atomic mass is 10.2. The van der Waals surface area contributed by atoms with E-state index in [1.807, 2.05) is 18.2 Å². The number of aryl methyl sites for hydroxylation is 1. The average molecular weight is 325 g/mol. The van der Waals surface area contributed by atoms with Gasteiger partial charge in [-0.1, -0.05) is 31.2 Å². The lowest BCUT2D eigenvalue weighted by Crippen LogP contribution is -2.47. The van der Waals surface area contributed by atoms with Gasteiger partial charge in [0.2, 0.25) is 0 Å². The SMILES string of the molecule is CCc1ccc(OC(=O)CN2C(=O)C(C)Oc3ccccc32)cc1. The number of fused-ring (bicyclic) bond motifs is 1. The fourth-order valence-electron chi connectivity index (χ4n) is 2.61. The minimum absolute atomic E-state index is 0.154. The van der Waals surface area contributed by atoms with E-state index in [-0.39, 0.29) is 12.5 Å². The summed E-state index contributed by atoms with van der Waals surface area (Å²) in [6.45, 7) is 3.57. The molecule has 0 aliphatic carbocycles. The molecule has 0 saturated carbocycles. The van der Waals surface area contributed by atoms with Gasteiger partial charge in [0.15, 0.2) is 6.10 Å². The van der Waals surface area contributed by atoms with Gasteiger partial charge in [-0.15, -0.1) is 0 Å². The van der Waals surface area contributed by atoms with Crippen molar-refractivity contribution in [1.82, 2.24) is 0 Å². The number of anilines is 1. The van der Waals surface area contributed by atoms with Crippen LogP contribution in [0.15, 0.2) is 48.5 Å². The highest BCUT2D eigenvalue weighted by Gasteiger charge is 2.32. The minimum atomic E-state index is -0.628. The largest absolute Gasteiger partial charge is 0.479 e. The van der Waals surface area contributed by atoms with E-state index in [1.165, 1.54) is 10.5 Å². The van der Waals surface area contributed by atoms with Crippen LogP contribution in [0.1, 0.15) is 19.4 Å². The quantitative estimate of drug-likeness (QED) is 0.640. The smallest absolute Gasteiger partial charge is 0.331 e. The summed E-state index contributed by atoms with van der Waals surface area (Å²) < 4.78 is 10.9. The number of esters is 1. The van der Waals surface area contributed by atoms with E-state index in [1.54, 1.807) is 37.3 Å². The Labute approximate surface area is 140 Å². The maximum absolute atomic E-state index is 12.4. The van der Waals surface area contributed by atoms with Gasteiger partial charge in [-0.3, -0.25) is 9.69 Å². The zero-order valence-corrected chi connectivity index (χ0v) is 13.7. The summed E-state index contributed by atoms with van der Waals surface area (Å²) in [5.74, 6) is 0.312. The van der Waals surface area contributed by atoms with Crippen molar-refractivity contribution in [3.8, 4) is 11.5 Å². The summed E-state index contributed by atoms with van der Waals surface area (Å²) in [7, 11) is 0. The number of carbonyl (C=O) groups is 2. The second-order valence-electron chi connectivity index (χ2n) is 5.62. The molecule has 1 heterocycles. The van der Waals surface area contributed by atoms with Gasteiger partial charge in [0.1, 0.15) is 18.0 Å². The maximum atomic E-state index is 12.4. The van der Waals surface area contributed by atoms with Gasteiger partial charge in [0.05, 0.1) is 5.69 Å². The topological polar surface area (TPSA) is 55.8 Å². The van der Waals surface area contributed by atoms with Crippen molar-refractivity contribution in [1.29, 1.82) is 0 Å². The highest BCUT2D eigenvalue weighted by molar-refractivity contribution is 6.03. The molecule has 0 aromatic heterocycles. The molecule has 3 rings (SSSR count). The van der Waals surface area contributed by atoms with Gasteiger partial charge in [0.25, 0.3) is 5.91 Å². The van der Waals surface area contributed by atoms with Gasteiger partial charge in [-0.05, 0) is 43.2 Å². The molecule has 0 N–H and O–H groups in total. The lowest BCUT2D eigenvalue weighted by Gasteiger charge is -2.32. The number of nitrogens with zero attached hydrogens (tertiary/aromatic N) is 1. The normalized spacial score (nSPS) is 16.3. The van der Waals surface area contributed by atoms with Crippen LogP contribution in [0.25, 0.3) is 0 Å². The van der Waals surface area contributed by atoms with Crippen LogP contribution in [0.3, 0.4) is 0 Å². The minimum Gasteiger partial charge on any atom is -0.479 e. The molecule has 2 aromatic rings.